The van der Waals surface area contributed by atoms with Gasteiger partial charge in [-0.25, -0.2) is 0 Å². The van der Waals surface area contributed by atoms with Gasteiger partial charge in [0, 0.05) is 0 Å². The van der Waals surface area contributed by atoms with Crippen LogP contribution in [0.25, 0.3) is 0 Å². The third-order valence-corrected chi connectivity index (χ3v) is 4.39. The molecular formula is C11H18. The van der Waals surface area contributed by atoms with Gasteiger partial charge in [-0.05, 0) is 55.3 Å². The van der Waals surface area contributed by atoms with E-state index >= 15 is 0 Å². The van der Waals surface area contributed by atoms with Crippen molar-refractivity contribution in [3.8, 4) is 0 Å². The lowest BCUT2D eigenvalue weighted by atomic mass is 9.81. The highest BCUT2D eigenvalue weighted by Gasteiger charge is 2.54. The van der Waals surface area contributed by atoms with Gasteiger partial charge in [0.15, 0.2) is 0 Å². The summed E-state index contributed by atoms with van der Waals surface area (Å²) in [6.45, 7) is 2.35. The van der Waals surface area contributed by atoms with Crippen molar-refractivity contribution in [2.45, 2.75) is 39.0 Å². The molecule has 5 unspecified atom stereocenters. The molecule has 0 N–H and O–H groups in total. The van der Waals surface area contributed by atoms with Crippen molar-refractivity contribution in [3.63, 3.8) is 0 Å². The molecule has 0 aromatic carbocycles. The van der Waals surface area contributed by atoms with Gasteiger partial charge in [-0.1, -0.05) is 13.3 Å². The van der Waals surface area contributed by atoms with Crippen LogP contribution in [0.1, 0.15) is 39.0 Å². The standard InChI is InChI=1S/C11H18/c1-2-7-3-8(7)4-9-5-10-6-11(9)10/h7-11H,2-6H2,1H3. The Morgan fingerprint density at radius 1 is 1.00 bits per heavy atom. The summed E-state index contributed by atoms with van der Waals surface area (Å²) in [5.41, 5.74) is 0. The van der Waals surface area contributed by atoms with Gasteiger partial charge in [-0.2, -0.15) is 0 Å². The van der Waals surface area contributed by atoms with E-state index in [1.54, 1.807) is 25.7 Å². The zero-order valence-electron chi connectivity index (χ0n) is 7.42. The topological polar surface area (TPSA) is 0 Å². The monoisotopic (exact) mass is 150 g/mol. The van der Waals surface area contributed by atoms with Crippen LogP contribution in [0.3, 0.4) is 0 Å². The van der Waals surface area contributed by atoms with Gasteiger partial charge in [0.2, 0.25) is 0 Å². The lowest BCUT2D eigenvalue weighted by molar-refractivity contribution is 0.254. The Labute approximate surface area is 69.4 Å². The lowest BCUT2D eigenvalue weighted by Crippen LogP contribution is -2.16. The summed E-state index contributed by atoms with van der Waals surface area (Å²) in [4.78, 5) is 0. The van der Waals surface area contributed by atoms with E-state index in [2.05, 4.69) is 6.92 Å². The van der Waals surface area contributed by atoms with Gasteiger partial charge in [0.1, 0.15) is 0 Å². The zero-order chi connectivity index (χ0) is 7.42. The molecule has 0 aliphatic heterocycles. The highest BCUT2D eigenvalue weighted by atomic mass is 14.6. The summed E-state index contributed by atoms with van der Waals surface area (Å²) in [7, 11) is 0. The summed E-state index contributed by atoms with van der Waals surface area (Å²) in [5, 5.41) is 0. The number of rotatable bonds is 3. The molecule has 0 aromatic rings. The van der Waals surface area contributed by atoms with Crippen molar-refractivity contribution >= 4 is 0 Å². The Balaban J connectivity index is 1.46. The maximum atomic E-state index is 2.35. The van der Waals surface area contributed by atoms with Crippen LogP contribution in [-0.2, 0) is 0 Å². The Hall–Kier alpha value is 0. The summed E-state index contributed by atoms with van der Waals surface area (Å²) in [6.07, 6.45) is 7.85. The largest absolute Gasteiger partial charge is 0.0651 e. The Kier molecular flexibility index (Phi) is 1.20. The summed E-state index contributed by atoms with van der Waals surface area (Å²) >= 11 is 0. The maximum Gasteiger partial charge on any atom is -0.0354 e. The zero-order valence-corrected chi connectivity index (χ0v) is 7.42. The SMILES string of the molecule is CCC1CC1CC1CC2CC12. The van der Waals surface area contributed by atoms with Crippen molar-refractivity contribution < 1.29 is 0 Å². The van der Waals surface area contributed by atoms with Gasteiger partial charge >= 0.3 is 0 Å². The third-order valence-electron chi connectivity index (χ3n) is 4.39. The Morgan fingerprint density at radius 3 is 2.36 bits per heavy atom. The molecule has 3 aliphatic rings. The molecule has 0 spiro atoms. The molecule has 62 valence electrons. The first kappa shape index (κ1) is 6.51. The molecule has 0 radical (unpaired) electrons. The minimum absolute atomic E-state index is 1.15. The summed E-state index contributed by atoms with van der Waals surface area (Å²) < 4.78 is 0. The van der Waals surface area contributed by atoms with Crippen molar-refractivity contribution in [2.75, 3.05) is 0 Å². The van der Waals surface area contributed by atoms with E-state index in [-0.39, 0.29) is 0 Å². The fourth-order valence-corrected chi connectivity index (χ4v) is 3.25. The predicted molar refractivity (Wildman–Crippen MR) is 46.2 cm³/mol. The van der Waals surface area contributed by atoms with Gasteiger partial charge in [0.25, 0.3) is 0 Å². The highest BCUT2D eigenvalue weighted by Crippen LogP contribution is 2.63. The van der Waals surface area contributed by atoms with Crippen molar-refractivity contribution in [2.24, 2.45) is 29.6 Å². The molecular weight excluding hydrogens is 132 g/mol. The van der Waals surface area contributed by atoms with E-state index < -0.39 is 0 Å². The van der Waals surface area contributed by atoms with Crippen LogP contribution in [-0.4, -0.2) is 0 Å². The van der Waals surface area contributed by atoms with Crippen LogP contribution in [0.15, 0.2) is 0 Å². The van der Waals surface area contributed by atoms with Crippen LogP contribution in [0.5, 0.6) is 0 Å². The van der Waals surface area contributed by atoms with Crippen LogP contribution >= 0.6 is 0 Å². The van der Waals surface area contributed by atoms with E-state index in [0.717, 1.165) is 5.92 Å². The molecule has 3 rings (SSSR count). The van der Waals surface area contributed by atoms with Crippen molar-refractivity contribution in [1.29, 1.82) is 0 Å². The second-order valence-corrected chi connectivity index (χ2v) is 5.06. The van der Waals surface area contributed by atoms with Gasteiger partial charge in [-0.15, -0.1) is 0 Å². The highest BCUT2D eigenvalue weighted by molar-refractivity contribution is 5.04. The fraction of sp³-hybridized carbons (Fsp3) is 1.00. The summed E-state index contributed by atoms with van der Waals surface area (Å²) in [5.74, 6) is 5.97. The first-order valence-corrected chi connectivity index (χ1v) is 5.38. The molecule has 5 atom stereocenters. The number of fused-ring (bicyclic) bond motifs is 1. The lowest BCUT2D eigenvalue weighted by Gasteiger charge is -2.24. The predicted octanol–water partition coefficient (Wildman–Crippen LogP) is 3.08. The molecule has 0 bridgehead atoms. The first-order chi connectivity index (χ1) is 5.38. The van der Waals surface area contributed by atoms with Gasteiger partial charge in [-0.3, -0.25) is 0 Å². The Bertz CT molecular complexity index is 173. The van der Waals surface area contributed by atoms with E-state index in [9.17, 15) is 0 Å². The molecule has 11 heavy (non-hydrogen) atoms. The molecule has 3 saturated carbocycles. The van der Waals surface area contributed by atoms with E-state index in [4.69, 9.17) is 0 Å². The minimum atomic E-state index is 1.15. The fourth-order valence-electron chi connectivity index (χ4n) is 3.25. The van der Waals surface area contributed by atoms with E-state index in [0.29, 0.717) is 0 Å². The van der Waals surface area contributed by atoms with Crippen molar-refractivity contribution in [3.05, 3.63) is 0 Å². The summed E-state index contributed by atoms with van der Waals surface area (Å²) in [6, 6.07) is 0. The average molecular weight is 150 g/mol. The first-order valence-electron chi connectivity index (χ1n) is 5.38. The van der Waals surface area contributed by atoms with Crippen LogP contribution in [0.2, 0.25) is 0 Å². The maximum absolute atomic E-state index is 2.35. The molecule has 0 amide bonds. The van der Waals surface area contributed by atoms with Crippen molar-refractivity contribution in [1.82, 2.24) is 0 Å². The number of hydrogen-bond donors (Lipinski definition) is 0. The smallest absolute Gasteiger partial charge is 0.0354 e. The normalized spacial score (nSPS) is 58.1. The van der Waals surface area contributed by atoms with E-state index in [1.165, 1.54) is 30.1 Å². The quantitative estimate of drug-likeness (QED) is 0.580. The Morgan fingerprint density at radius 2 is 1.91 bits per heavy atom. The van der Waals surface area contributed by atoms with Gasteiger partial charge in [0.05, 0.1) is 0 Å². The van der Waals surface area contributed by atoms with Gasteiger partial charge < -0.3 is 0 Å². The van der Waals surface area contributed by atoms with E-state index in [1.807, 2.05) is 0 Å². The van der Waals surface area contributed by atoms with Crippen LogP contribution in [0.4, 0.5) is 0 Å². The molecule has 0 heterocycles. The van der Waals surface area contributed by atoms with Crippen LogP contribution < -0.4 is 0 Å². The molecule has 0 heteroatoms. The van der Waals surface area contributed by atoms with Crippen LogP contribution in [0, 0.1) is 29.6 Å². The molecule has 3 fully saturated rings. The second kappa shape index (κ2) is 2.02. The molecule has 0 saturated heterocycles. The molecule has 0 aromatic heterocycles. The third kappa shape index (κ3) is 0.947. The minimum Gasteiger partial charge on any atom is -0.0651 e. The molecule has 0 nitrogen and oxygen atoms in total. The average Bonchev–Trinajstić information content (AvgIpc) is 2.81. The molecule has 3 aliphatic carbocycles. The number of hydrogen-bond acceptors (Lipinski definition) is 0. The second-order valence-electron chi connectivity index (χ2n) is 5.06.